The molecule has 0 unspecified atom stereocenters. The zero-order valence-corrected chi connectivity index (χ0v) is 24.0. The Morgan fingerprint density at radius 1 is 1.00 bits per heavy atom. The quantitative estimate of drug-likeness (QED) is 0.200. The van der Waals surface area contributed by atoms with Gasteiger partial charge in [0.05, 0.1) is 17.4 Å². The number of fused-ring (bicyclic) bond motifs is 3. The van der Waals surface area contributed by atoms with E-state index in [2.05, 4.69) is 13.8 Å². The summed E-state index contributed by atoms with van der Waals surface area (Å²) in [6.45, 7) is 7.18. The van der Waals surface area contributed by atoms with Gasteiger partial charge >= 0.3 is 0 Å². The van der Waals surface area contributed by atoms with Crippen LogP contribution in [0.2, 0.25) is 0 Å². The largest absolute Gasteiger partial charge is 0.457 e. The first kappa shape index (κ1) is 28.8. The number of rotatable bonds is 10. The number of furan rings is 1. The first-order valence-corrected chi connectivity index (χ1v) is 14.7. The maximum absolute atomic E-state index is 14.2. The maximum Gasteiger partial charge on any atom is 0.226 e. The zero-order chi connectivity index (χ0) is 29.1. The Bertz CT molecular complexity index is 1550. The van der Waals surface area contributed by atoms with Crippen molar-refractivity contribution in [3.8, 4) is 11.5 Å². The highest BCUT2D eigenvalue weighted by Gasteiger charge is 2.35. The van der Waals surface area contributed by atoms with Crippen molar-refractivity contribution in [3.63, 3.8) is 0 Å². The maximum atomic E-state index is 14.2. The molecule has 1 aliphatic heterocycles. The van der Waals surface area contributed by atoms with Gasteiger partial charge in [0, 0.05) is 30.5 Å². The average molecular weight is 560 g/mol. The van der Waals surface area contributed by atoms with Crippen LogP contribution in [0, 0.1) is 11.7 Å². The van der Waals surface area contributed by atoms with Gasteiger partial charge in [0.1, 0.15) is 28.5 Å². The summed E-state index contributed by atoms with van der Waals surface area (Å²) in [7, 11) is 0. The second-order valence-corrected chi connectivity index (χ2v) is 11.3. The molecule has 1 aliphatic rings. The third-order valence-electron chi connectivity index (χ3n) is 8.51. The highest BCUT2D eigenvalue weighted by atomic mass is 19.1. The summed E-state index contributed by atoms with van der Waals surface area (Å²) in [5.41, 5.74) is 1.63. The molecule has 0 bridgehead atoms. The fourth-order valence-electron chi connectivity index (χ4n) is 5.90. The standard InChI is InChI=1S/C34H38FNO5/c1-4-22(5-2)21-34(39)13-15-36(16-14-34)32(38)19-23-17-30(40-26-10-7-24(8-11-26)28(37)6-3)33-27-20-25(35)9-12-29(27)41-31(33)18-23/h7-12,17-18,20,22,39H,4-6,13-16,19,21H2,1-3H3. The molecule has 0 radical (unpaired) electrons. The third-order valence-corrected chi connectivity index (χ3v) is 8.51. The molecule has 2 heterocycles. The first-order chi connectivity index (χ1) is 19.7. The molecule has 6 nitrogen and oxygen atoms in total. The molecule has 4 aromatic rings. The molecular weight excluding hydrogens is 521 g/mol. The Kier molecular flexibility index (Phi) is 8.45. The van der Waals surface area contributed by atoms with E-state index in [1.165, 1.54) is 12.1 Å². The van der Waals surface area contributed by atoms with Crippen LogP contribution < -0.4 is 4.74 Å². The van der Waals surface area contributed by atoms with Gasteiger partial charge in [-0.15, -0.1) is 0 Å². The van der Waals surface area contributed by atoms with Gasteiger partial charge in [0.2, 0.25) is 5.91 Å². The predicted molar refractivity (Wildman–Crippen MR) is 158 cm³/mol. The Morgan fingerprint density at radius 3 is 2.37 bits per heavy atom. The number of carbonyl (C=O) groups excluding carboxylic acids is 2. The number of halogens is 1. The topological polar surface area (TPSA) is 80.0 Å². The van der Waals surface area contributed by atoms with Crippen molar-refractivity contribution in [1.29, 1.82) is 0 Å². The Morgan fingerprint density at radius 2 is 1.71 bits per heavy atom. The number of hydrogen-bond acceptors (Lipinski definition) is 5. The van der Waals surface area contributed by atoms with Gasteiger partial charge < -0.3 is 19.2 Å². The third kappa shape index (κ3) is 6.30. The van der Waals surface area contributed by atoms with E-state index in [1.54, 1.807) is 36.4 Å². The number of piperidine rings is 1. The molecule has 0 atom stereocenters. The van der Waals surface area contributed by atoms with E-state index in [1.807, 2.05) is 17.9 Å². The molecule has 1 aromatic heterocycles. The summed E-state index contributed by atoms with van der Waals surface area (Å²) in [6.07, 6.45) is 4.58. The molecule has 1 saturated heterocycles. The van der Waals surface area contributed by atoms with Crippen LogP contribution in [0.3, 0.4) is 0 Å². The van der Waals surface area contributed by atoms with Gasteiger partial charge in [-0.1, -0.05) is 33.6 Å². The number of ketones is 1. The van der Waals surface area contributed by atoms with Crippen molar-refractivity contribution in [1.82, 2.24) is 4.90 Å². The van der Waals surface area contributed by atoms with Crippen molar-refractivity contribution in [2.75, 3.05) is 13.1 Å². The minimum Gasteiger partial charge on any atom is -0.457 e. The zero-order valence-electron chi connectivity index (χ0n) is 24.0. The van der Waals surface area contributed by atoms with Gasteiger partial charge in [0.15, 0.2) is 5.78 Å². The normalized spacial score (nSPS) is 15.1. The van der Waals surface area contributed by atoms with Crippen LogP contribution in [0.4, 0.5) is 4.39 Å². The summed E-state index contributed by atoms with van der Waals surface area (Å²) in [6, 6.07) is 14.9. The molecule has 41 heavy (non-hydrogen) atoms. The number of ether oxygens (including phenoxy) is 1. The molecule has 7 heteroatoms. The molecule has 1 N–H and O–H groups in total. The van der Waals surface area contributed by atoms with Crippen LogP contribution in [0.5, 0.6) is 11.5 Å². The van der Waals surface area contributed by atoms with E-state index < -0.39 is 5.60 Å². The molecule has 5 rings (SSSR count). The van der Waals surface area contributed by atoms with Crippen LogP contribution in [0.25, 0.3) is 21.9 Å². The van der Waals surface area contributed by atoms with Crippen LogP contribution >= 0.6 is 0 Å². The minimum atomic E-state index is -0.714. The molecule has 0 spiro atoms. The van der Waals surface area contributed by atoms with Crippen molar-refractivity contribution in [2.24, 2.45) is 5.92 Å². The lowest BCUT2D eigenvalue weighted by molar-refractivity contribution is -0.135. The molecule has 0 aliphatic carbocycles. The summed E-state index contributed by atoms with van der Waals surface area (Å²) in [5.74, 6) is 1.09. The molecule has 1 amide bonds. The fraction of sp³-hybridized carbons (Fsp3) is 0.412. The fourth-order valence-corrected chi connectivity index (χ4v) is 5.90. The second-order valence-electron chi connectivity index (χ2n) is 11.3. The van der Waals surface area contributed by atoms with E-state index >= 15 is 0 Å². The summed E-state index contributed by atoms with van der Waals surface area (Å²) in [5, 5.41) is 12.3. The van der Waals surface area contributed by atoms with Crippen LogP contribution in [-0.4, -0.2) is 40.4 Å². The number of carbonyl (C=O) groups is 2. The number of nitrogens with zero attached hydrogens (tertiary/aromatic N) is 1. The minimum absolute atomic E-state index is 0.0236. The Labute approximate surface area is 240 Å². The lowest BCUT2D eigenvalue weighted by atomic mass is 9.81. The monoisotopic (exact) mass is 559 g/mol. The van der Waals surface area contributed by atoms with Crippen molar-refractivity contribution >= 4 is 33.6 Å². The number of amides is 1. The SMILES string of the molecule is CCC(=O)c1ccc(Oc2cc(CC(=O)N3CCC(O)(CC(CC)CC)CC3)cc3oc4ccc(F)cc4c23)cc1. The average Bonchev–Trinajstić information content (AvgIpc) is 3.34. The van der Waals surface area contributed by atoms with Gasteiger partial charge in [-0.3, -0.25) is 9.59 Å². The Balaban J connectivity index is 1.40. The van der Waals surface area contributed by atoms with Crippen LogP contribution in [0.1, 0.15) is 75.2 Å². The molecule has 0 saturated carbocycles. The van der Waals surface area contributed by atoms with Gasteiger partial charge in [-0.2, -0.15) is 0 Å². The Hall–Kier alpha value is -3.71. The van der Waals surface area contributed by atoms with E-state index in [-0.39, 0.29) is 23.9 Å². The summed E-state index contributed by atoms with van der Waals surface area (Å²) < 4.78 is 26.5. The number of benzene rings is 3. The van der Waals surface area contributed by atoms with Crippen molar-refractivity contribution in [3.05, 3.63) is 71.5 Å². The van der Waals surface area contributed by atoms with E-state index in [9.17, 15) is 19.1 Å². The predicted octanol–water partition coefficient (Wildman–Crippen LogP) is 7.83. The van der Waals surface area contributed by atoms with Gasteiger partial charge in [-0.25, -0.2) is 4.39 Å². The summed E-state index contributed by atoms with van der Waals surface area (Å²) >= 11 is 0. The van der Waals surface area contributed by atoms with Crippen LogP contribution in [-0.2, 0) is 11.2 Å². The van der Waals surface area contributed by atoms with Gasteiger partial charge in [0.25, 0.3) is 0 Å². The lowest BCUT2D eigenvalue weighted by Crippen LogP contribution is -2.47. The van der Waals surface area contributed by atoms with E-state index in [0.29, 0.717) is 82.8 Å². The molecule has 3 aromatic carbocycles. The van der Waals surface area contributed by atoms with Crippen molar-refractivity contribution in [2.45, 2.75) is 71.3 Å². The highest BCUT2D eigenvalue weighted by molar-refractivity contribution is 6.08. The van der Waals surface area contributed by atoms with Gasteiger partial charge in [-0.05, 0) is 85.3 Å². The highest BCUT2D eigenvalue weighted by Crippen LogP contribution is 2.39. The van der Waals surface area contributed by atoms with E-state index in [0.717, 1.165) is 19.3 Å². The number of Topliss-reactive ketones (excluding diaryl/α,β-unsaturated/α-hetero) is 1. The second kappa shape index (κ2) is 12.0. The first-order valence-electron chi connectivity index (χ1n) is 14.7. The molecular formula is C34H38FNO5. The molecule has 216 valence electrons. The van der Waals surface area contributed by atoms with Crippen molar-refractivity contribution < 1.29 is 28.2 Å². The number of likely N-dealkylation sites (tertiary alicyclic amines) is 1. The van der Waals surface area contributed by atoms with E-state index in [4.69, 9.17) is 9.15 Å². The number of hydrogen-bond donors (Lipinski definition) is 1. The van der Waals surface area contributed by atoms with Crippen LogP contribution in [0.15, 0.2) is 59.0 Å². The smallest absolute Gasteiger partial charge is 0.226 e. The summed E-state index contributed by atoms with van der Waals surface area (Å²) in [4.78, 5) is 27.2. The molecule has 1 fully saturated rings. The number of aliphatic hydroxyl groups is 1. The lowest BCUT2D eigenvalue weighted by Gasteiger charge is -2.40.